The monoisotopic (exact) mass is 515 g/mol. The number of carboxylic acids is 1. The fourth-order valence-corrected chi connectivity index (χ4v) is 5.41. The molecule has 0 bridgehead atoms. The Morgan fingerprint density at radius 1 is 1.08 bits per heavy atom. The van der Waals surface area contributed by atoms with Crippen molar-refractivity contribution in [1.82, 2.24) is 9.47 Å². The minimum atomic E-state index is -1.02. The predicted octanol–water partition coefficient (Wildman–Crippen LogP) is 6.67. The normalized spacial score (nSPS) is 15.9. The number of amides is 1. The molecule has 8 heteroatoms. The van der Waals surface area contributed by atoms with Crippen LogP contribution in [0.1, 0.15) is 28.4 Å². The van der Waals surface area contributed by atoms with E-state index in [2.05, 4.69) is 15.6 Å². The first kappa shape index (κ1) is 23.9. The van der Waals surface area contributed by atoms with E-state index in [4.69, 9.17) is 11.6 Å². The summed E-state index contributed by atoms with van der Waals surface area (Å²) in [5.74, 6) is -1.15. The number of amidine groups is 1. The highest BCUT2D eigenvalue weighted by Crippen LogP contribution is 2.36. The minimum Gasteiger partial charge on any atom is -0.478 e. The molecule has 0 aliphatic carbocycles. The Hall–Kier alpha value is -3.81. The number of carboxylic acid groups (broad SMARTS) is 1. The van der Waals surface area contributed by atoms with Gasteiger partial charge >= 0.3 is 5.97 Å². The summed E-state index contributed by atoms with van der Waals surface area (Å²) in [6.45, 7) is 2.95. The molecule has 0 unspecified atom stereocenters. The van der Waals surface area contributed by atoms with Crippen molar-refractivity contribution < 1.29 is 14.7 Å². The molecule has 3 aromatic carbocycles. The second-order valence-corrected chi connectivity index (χ2v) is 9.65. The number of benzene rings is 3. The summed E-state index contributed by atoms with van der Waals surface area (Å²) >= 11 is 7.70. The van der Waals surface area contributed by atoms with E-state index < -0.39 is 5.97 Å². The van der Waals surface area contributed by atoms with Crippen LogP contribution in [0.25, 0.3) is 17.0 Å². The number of rotatable bonds is 6. The van der Waals surface area contributed by atoms with Crippen molar-refractivity contribution in [2.24, 2.45) is 4.99 Å². The van der Waals surface area contributed by atoms with E-state index in [1.807, 2.05) is 61.7 Å². The Morgan fingerprint density at radius 3 is 2.64 bits per heavy atom. The molecule has 1 saturated heterocycles. The van der Waals surface area contributed by atoms with Crippen LogP contribution in [0.5, 0.6) is 0 Å². The second-order valence-electron chi connectivity index (χ2n) is 8.23. The van der Waals surface area contributed by atoms with E-state index in [9.17, 15) is 14.7 Å². The number of likely N-dealkylation sites (N-methyl/N-ethyl adjacent to an activating group) is 1. The van der Waals surface area contributed by atoms with E-state index in [0.29, 0.717) is 33.9 Å². The van der Waals surface area contributed by atoms with Gasteiger partial charge in [0.05, 0.1) is 16.2 Å². The standard InChI is InChI=1S/C28H22ClN3O3S/c1-2-32-26(33)25(36-28(32)30-21-10-7-9-18(14-21)27(34)35)15-20-17-31(24-13-6-4-11-22(20)24)16-19-8-3-5-12-23(19)29/h3-15,17H,2,16H2,1H3,(H,34,35)/b25-15+,30-28?. The first-order chi connectivity index (χ1) is 17.4. The number of hydrogen-bond donors (Lipinski definition) is 1. The van der Waals surface area contributed by atoms with Crippen molar-refractivity contribution >= 4 is 63.1 Å². The zero-order valence-electron chi connectivity index (χ0n) is 19.4. The zero-order valence-corrected chi connectivity index (χ0v) is 21.0. The molecule has 1 aliphatic heterocycles. The van der Waals surface area contributed by atoms with Gasteiger partial charge in [-0.1, -0.05) is 54.1 Å². The third-order valence-electron chi connectivity index (χ3n) is 5.93. The molecule has 0 spiro atoms. The molecule has 1 amide bonds. The Balaban J connectivity index is 1.52. The highest BCUT2D eigenvalue weighted by atomic mass is 35.5. The maximum absolute atomic E-state index is 13.2. The number of nitrogens with zero attached hydrogens (tertiary/aromatic N) is 3. The van der Waals surface area contributed by atoms with Crippen LogP contribution < -0.4 is 0 Å². The average Bonchev–Trinajstić information content (AvgIpc) is 3.37. The van der Waals surface area contributed by atoms with E-state index in [1.165, 1.54) is 23.9 Å². The van der Waals surface area contributed by atoms with Crippen LogP contribution in [0, 0.1) is 0 Å². The zero-order chi connectivity index (χ0) is 25.2. The highest BCUT2D eigenvalue weighted by Gasteiger charge is 2.32. The molecular weight excluding hydrogens is 494 g/mol. The van der Waals surface area contributed by atoms with Crippen LogP contribution in [0.4, 0.5) is 5.69 Å². The summed E-state index contributed by atoms with van der Waals surface area (Å²) in [6.07, 6.45) is 3.94. The van der Waals surface area contributed by atoms with Crippen LogP contribution in [-0.2, 0) is 11.3 Å². The molecule has 1 aliphatic rings. The Kier molecular flexibility index (Phi) is 6.67. The van der Waals surface area contributed by atoms with E-state index in [0.717, 1.165) is 22.0 Å². The maximum atomic E-state index is 13.2. The van der Waals surface area contributed by atoms with Crippen LogP contribution in [-0.4, -0.2) is 38.2 Å². The third-order valence-corrected chi connectivity index (χ3v) is 7.30. The number of aromatic nitrogens is 1. The van der Waals surface area contributed by atoms with Gasteiger partial charge in [-0.25, -0.2) is 9.79 Å². The maximum Gasteiger partial charge on any atom is 0.335 e. The van der Waals surface area contributed by atoms with E-state index >= 15 is 0 Å². The number of aromatic carboxylic acids is 1. The molecule has 1 N–H and O–H groups in total. The van der Waals surface area contributed by atoms with Crippen molar-refractivity contribution in [3.05, 3.63) is 106 Å². The molecule has 1 fully saturated rings. The smallest absolute Gasteiger partial charge is 0.335 e. The van der Waals surface area contributed by atoms with Gasteiger partial charge in [-0.15, -0.1) is 0 Å². The average molecular weight is 516 g/mol. The number of thioether (sulfide) groups is 1. The molecule has 180 valence electrons. The molecule has 0 saturated carbocycles. The minimum absolute atomic E-state index is 0.126. The number of aliphatic imine (C=N–C) groups is 1. The van der Waals surface area contributed by atoms with Gasteiger partial charge in [0, 0.05) is 40.8 Å². The van der Waals surface area contributed by atoms with E-state index in [1.54, 1.807) is 17.0 Å². The summed E-state index contributed by atoms with van der Waals surface area (Å²) in [4.78, 5) is 31.3. The molecular formula is C28H22ClN3O3S. The second kappa shape index (κ2) is 10.0. The molecule has 5 rings (SSSR count). The van der Waals surface area contributed by atoms with E-state index in [-0.39, 0.29) is 11.5 Å². The number of fused-ring (bicyclic) bond motifs is 1. The third kappa shape index (κ3) is 4.67. The first-order valence-corrected chi connectivity index (χ1v) is 12.6. The summed E-state index contributed by atoms with van der Waals surface area (Å²) in [6, 6.07) is 22.2. The highest BCUT2D eigenvalue weighted by molar-refractivity contribution is 8.18. The fourth-order valence-electron chi connectivity index (χ4n) is 4.16. The number of halogens is 1. The van der Waals surface area contributed by atoms with Gasteiger partial charge in [-0.2, -0.15) is 0 Å². The van der Waals surface area contributed by atoms with Crippen LogP contribution >= 0.6 is 23.4 Å². The molecule has 0 atom stereocenters. The number of hydrogen-bond acceptors (Lipinski definition) is 4. The Morgan fingerprint density at radius 2 is 1.86 bits per heavy atom. The molecule has 36 heavy (non-hydrogen) atoms. The van der Waals surface area contributed by atoms with Crippen molar-refractivity contribution in [2.45, 2.75) is 13.5 Å². The molecule has 2 heterocycles. The van der Waals surface area contributed by atoms with Crippen LogP contribution in [0.2, 0.25) is 5.02 Å². The van der Waals surface area contributed by atoms with Crippen LogP contribution in [0.3, 0.4) is 0 Å². The van der Waals surface area contributed by atoms with Gasteiger partial charge in [0.15, 0.2) is 5.17 Å². The number of carbonyl (C=O) groups is 2. The number of para-hydroxylation sites is 1. The van der Waals surface area contributed by atoms with Gasteiger partial charge in [-0.3, -0.25) is 9.69 Å². The predicted molar refractivity (Wildman–Crippen MR) is 146 cm³/mol. The summed E-state index contributed by atoms with van der Waals surface area (Å²) in [5.41, 5.74) is 3.63. The lowest BCUT2D eigenvalue weighted by Crippen LogP contribution is -2.28. The topological polar surface area (TPSA) is 74.9 Å². The van der Waals surface area contributed by atoms with Crippen molar-refractivity contribution in [2.75, 3.05) is 6.54 Å². The number of carbonyl (C=O) groups excluding carboxylic acids is 1. The van der Waals surface area contributed by atoms with Gasteiger partial charge in [0.2, 0.25) is 0 Å². The van der Waals surface area contributed by atoms with Gasteiger partial charge < -0.3 is 9.67 Å². The van der Waals surface area contributed by atoms with Gasteiger partial charge in [0.25, 0.3) is 5.91 Å². The summed E-state index contributed by atoms with van der Waals surface area (Å²) in [7, 11) is 0. The van der Waals surface area contributed by atoms with Crippen molar-refractivity contribution in [3.63, 3.8) is 0 Å². The van der Waals surface area contributed by atoms with Gasteiger partial charge in [-0.05, 0) is 60.7 Å². The molecule has 0 radical (unpaired) electrons. The summed E-state index contributed by atoms with van der Waals surface area (Å²) in [5, 5.41) is 11.5. The first-order valence-electron chi connectivity index (χ1n) is 11.4. The quantitative estimate of drug-likeness (QED) is 0.291. The largest absolute Gasteiger partial charge is 0.478 e. The fraction of sp³-hybridized carbons (Fsp3) is 0.107. The molecule has 6 nitrogen and oxygen atoms in total. The Bertz CT molecular complexity index is 1560. The lowest BCUT2D eigenvalue weighted by atomic mass is 10.1. The lowest BCUT2D eigenvalue weighted by Gasteiger charge is -2.12. The van der Waals surface area contributed by atoms with Crippen molar-refractivity contribution in [1.29, 1.82) is 0 Å². The summed E-state index contributed by atoms with van der Waals surface area (Å²) < 4.78 is 2.14. The van der Waals surface area contributed by atoms with Gasteiger partial charge in [0.1, 0.15) is 0 Å². The molecule has 1 aromatic heterocycles. The SMILES string of the molecule is CCN1C(=O)/C(=C\c2cn(Cc3ccccc3Cl)c3ccccc23)SC1=Nc1cccc(C(=O)O)c1. The lowest BCUT2D eigenvalue weighted by molar-refractivity contribution is -0.122. The van der Waals surface area contributed by atoms with Crippen LogP contribution in [0.15, 0.2) is 88.9 Å². The van der Waals surface area contributed by atoms with Crippen molar-refractivity contribution in [3.8, 4) is 0 Å². The Labute approximate surface area is 217 Å². The molecule has 4 aromatic rings.